The molecule has 0 saturated carbocycles. The van der Waals surface area contributed by atoms with Crippen LogP contribution >= 0.6 is 31.1 Å². The van der Waals surface area contributed by atoms with E-state index in [1.165, 1.54) is 0 Å². The number of hydrogen-bond acceptors (Lipinski definition) is 7. The molecule has 2 atom stereocenters. The Morgan fingerprint density at radius 2 is 1.79 bits per heavy atom. The van der Waals surface area contributed by atoms with Gasteiger partial charge in [0.15, 0.2) is 0 Å². The highest BCUT2D eigenvalue weighted by Crippen LogP contribution is 2.67. The lowest BCUT2D eigenvalue weighted by Gasteiger charge is -2.38. The summed E-state index contributed by atoms with van der Waals surface area (Å²) in [7, 11) is -3.42. The zero-order valence-corrected chi connectivity index (χ0v) is 20.2. The summed E-state index contributed by atoms with van der Waals surface area (Å²) in [6, 6.07) is 3.95. The Bertz CT molecular complexity index is 696. The van der Waals surface area contributed by atoms with Crippen LogP contribution in [0.15, 0.2) is 34.1 Å². The number of allylic oxidation sites excluding steroid dienone is 1. The van der Waals surface area contributed by atoms with Gasteiger partial charge in [-0.15, -0.1) is 11.8 Å². The Balaban J connectivity index is 2.59. The van der Waals surface area contributed by atoms with Gasteiger partial charge in [-0.3, -0.25) is 9.55 Å². The van der Waals surface area contributed by atoms with Crippen LogP contribution in [0, 0.1) is 0 Å². The molecule has 0 N–H and O–H groups in total. The van der Waals surface area contributed by atoms with Crippen molar-refractivity contribution in [3.05, 3.63) is 39.6 Å². The quantitative estimate of drug-likeness (QED) is 0.395. The molecule has 0 aromatic carbocycles. The Morgan fingerprint density at radius 1 is 1.18 bits per heavy atom. The molecule has 0 radical (unpaired) electrons. The van der Waals surface area contributed by atoms with Crippen LogP contribution in [0.25, 0.3) is 0 Å². The number of nitrogens with zero attached hydrogens (tertiary/aromatic N) is 1. The largest absolute Gasteiger partial charge is 0.362 e. The minimum absolute atomic E-state index is 0.0346. The molecular weight excluding hydrogens is 413 g/mol. The highest BCUT2D eigenvalue weighted by Gasteiger charge is 2.44. The summed E-state index contributed by atoms with van der Waals surface area (Å²) in [5.41, 5.74) is 0.762. The third kappa shape index (κ3) is 6.35. The third-order valence-electron chi connectivity index (χ3n) is 3.97. The molecule has 5 nitrogen and oxygen atoms in total. The summed E-state index contributed by atoms with van der Waals surface area (Å²) in [5.74, 6) is 0.768. The number of aromatic nitrogens is 1. The lowest BCUT2D eigenvalue weighted by Crippen LogP contribution is -2.29. The maximum absolute atomic E-state index is 13.8. The van der Waals surface area contributed by atoms with Gasteiger partial charge in [0.05, 0.1) is 28.4 Å². The van der Waals surface area contributed by atoms with Crippen molar-refractivity contribution in [3.8, 4) is 0 Å². The number of rotatable bonds is 9. The normalized spacial score (nSPS) is 21.2. The van der Waals surface area contributed by atoms with Crippen molar-refractivity contribution in [2.75, 3.05) is 19.0 Å². The Hall–Kier alpha value is -0.300. The summed E-state index contributed by atoms with van der Waals surface area (Å²) in [6.07, 6.45) is 4.25. The predicted molar refractivity (Wildman–Crippen MR) is 120 cm³/mol. The molecule has 0 bridgehead atoms. The Kier molecular flexibility index (Phi) is 9.12. The van der Waals surface area contributed by atoms with Crippen molar-refractivity contribution in [1.82, 2.24) is 4.98 Å². The van der Waals surface area contributed by atoms with Gasteiger partial charge in [0.1, 0.15) is 5.44 Å². The second kappa shape index (κ2) is 10.6. The molecule has 0 spiro atoms. The van der Waals surface area contributed by atoms with E-state index >= 15 is 0 Å². The number of ether oxygens (including phenoxy) is 1. The van der Waals surface area contributed by atoms with Gasteiger partial charge in [-0.05, 0) is 64.5 Å². The van der Waals surface area contributed by atoms with Crippen molar-refractivity contribution in [1.29, 1.82) is 0 Å². The highest BCUT2D eigenvalue weighted by atomic mass is 32.2. The predicted octanol–water partition coefficient (Wildman–Crippen LogP) is 6.63. The Morgan fingerprint density at radius 3 is 2.29 bits per heavy atom. The minimum Gasteiger partial charge on any atom is -0.362 e. The summed E-state index contributed by atoms with van der Waals surface area (Å²) < 4.78 is 32.7. The fraction of sp³-hybridized carbons (Fsp3) is 0.650. The molecule has 0 saturated heterocycles. The second-order valence-corrected chi connectivity index (χ2v) is 12.0. The van der Waals surface area contributed by atoms with Crippen LogP contribution < -0.4 is 0 Å². The third-order valence-corrected chi connectivity index (χ3v) is 8.99. The van der Waals surface area contributed by atoms with Crippen molar-refractivity contribution in [3.63, 3.8) is 0 Å². The van der Waals surface area contributed by atoms with E-state index in [4.69, 9.17) is 13.8 Å². The summed E-state index contributed by atoms with van der Waals surface area (Å²) in [6.45, 7) is 12.6. The van der Waals surface area contributed by atoms with Crippen LogP contribution in [0.5, 0.6) is 0 Å². The van der Waals surface area contributed by atoms with Crippen LogP contribution in [-0.2, 0) is 18.3 Å². The molecule has 2 rings (SSSR count). The van der Waals surface area contributed by atoms with Gasteiger partial charge < -0.3 is 13.8 Å². The number of pyridine rings is 1. The fourth-order valence-electron chi connectivity index (χ4n) is 3.09. The highest BCUT2D eigenvalue weighted by molar-refractivity contribution is 8.22. The molecule has 0 aliphatic carbocycles. The SMILES string of the molecule is CCOP(=O)(OCC)C1=C(SCC)S[C@@H](OC(C)(C)C)C[C@@H]1c1ccncc1. The first kappa shape index (κ1) is 24.0. The number of hydrogen-bond donors (Lipinski definition) is 0. The minimum atomic E-state index is -3.42. The smallest absolute Gasteiger partial charge is 0.359 e. The zero-order chi connectivity index (χ0) is 20.8. The van der Waals surface area contributed by atoms with E-state index in [1.54, 1.807) is 35.9 Å². The maximum Gasteiger partial charge on any atom is 0.359 e. The molecular formula is C20H32NO4PS2. The lowest BCUT2D eigenvalue weighted by atomic mass is 9.96. The molecule has 1 aromatic heterocycles. The van der Waals surface area contributed by atoms with Crippen molar-refractivity contribution < 1.29 is 18.3 Å². The molecule has 158 valence electrons. The van der Waals surface area contributed by atoms with Crippen LogP contribution in [0.1, 0.15) is 59.4 Å². The van der Waals surface area contributed by atoms with Gasteiger partial charge in [-0.2, -0.15) is 0 Å². The van der Waals surface area contributed by atoms with Crippen LogP contribution in [0.4, 0.5) is 0 Å². The monoisotopic (exact) mass is 445 g/mol. The summed E-state index contributed by atoms with van der Waals surface area (Å²) in [4.78, 5) is 4.14. The lowest BCUT2D eigenvalue weighted by molar-refractivity contribution is -0.0233. The molecule has 1 aromatic rings. The average molecular weight is 446 g/mol. The standard InChI is InChI=1S/C20H32NO4PS2/c1-7-23-26(22,24-8-2)18-16(15-10-12-21-13-11-15)14-17(25-20(4,5)6)28-19(18)27-9-3/h10-13,16-17H,7-9,14H2,1-6H3/t16-,17-/m1/s1. The van der Waals surface area contributed by atoms with Crippen molar-refractivity contribution in [2.24, 2.45) is 0 Å². The molecule has 0 unspecified atom stereocenters. The zero-order valence-electron chi connectivity index (χ0n) is 17.6. The van der Waals surface area contributed by atoms with Crippen molar-refractivity contribution >= 4 is 31.1 Å². The van der Waals surface area contributed by atoms with Crippen LogP contribution in [-0.4, -0.2) is 35.0 Å². The molecule has 1 aliphatic rings. The number of thioether (sulfide) groups is 2. The summed E-state index contributed by atoms with van der Waals surface area (Å²) in [5, 5.41) is 0.771. The van der Waals surface area contributed by atoms with E-state index in [-0.39, 0.29) is 17.0 Å². The van der Waals surface area contributed by atoms with Gasteiger partial charge in [-0.1, -0.05) is 18.7 Å². The van der Waals surface area contributed by atoms with Crippen LogP contribution in [0.3, 0.4) is 0 Å². The first-order chi connectivity index (χ1) is 13.2. The van der Waals surface area contributed by atoms with Crippen LogP contribution in [0.2, 0.25) is 0 Å². The first-order valence-corrected chi connectivity index (χ1v) is 13.2. The molecule has 0 fully saturated rings. The van der Waals surface area contributed by atoms with E-state index < -0.39 is 7.60 Å². The second-order valence-electron chi connectivity index (χ2n) is 7.29. The first-order valence-electron chi connectivity index (χ1n) is 9.75. The molecule has 2 heterocycles. The van der Waals surface area contributed by atoms with Gasteiger partial charge in [0.2, 0.25) is 0 Å². The molecule has 8 heteroatoms. The summed E-state index contributed by atoms with van der Waals surface area (Å²) >= 11 is 3.32. The van der Waals surface area contributed by atoms with Gasteiger partial charge in [0.25, 0.3) is 0 Å². The molecule has 28 heavy (non-hydrogen) atoms. The van der Waals surface area contributed by atoms with E-state index in [1.807, 2.05) is 26.0 Å². The van der Waals surface area contributed by atoms with Crippen molar-refractivity contribution in [2.45, 2.75) is 64.9 Å². The van der Waals surface area contributed by atoms with Gasteiger partial charge >= 0.3 is 7.60 Å². The molecule has 1 aliphatic heterocycles. The van der Waals surface area contributed by atoms with Gasteiger partial charge in [-0.25, -0.2) is 0 Å². The van der Waals surface area contributed by atoms with E-state index in [0.29, 0.717) is 19.6 Å². The topological polar surface area (TPSA) is 57.7 Å². The molecule has 0 amide bonds. The van der Waals surface area contributed by atoms with Gasteiger partial charge in [0, 0.05) is 18.3 Å². The maximum atomic E-state index is 13.8. The van der Waals surface area contributed by atoms with E-state index in [9.17, 15) is 4.57 Å². The van der Waals surface area contributed by atoms with E-state index in [0.717, 1.165) is 20.9 Å². The van der Waals surface area contributed by atoms with E-state index in [2.05, 4.69) is 32.7 Å². The average Bonchev–Trinajstić information content (AvgIpc) is 2.61. The fourth-order valence-corrected chi connectivity index (χ4v) is 8.63. The Labute approximate surface area is 177 Å².